The van der Waals surface area contributed by atoms with Crippen LogP contribution in [0.25, 0.3) is 5.65 Å². The van der Waals surface area contributed by atoms with Gasteiger partial charge in [-0.15, -0.1) is 0 Å². The Morgan fingerprint density at radius 2 is 2.10 bits per heavy atom. The van der Waals surface area contributed by atoms with Gasteiger partial charge in [-0.25, -0.2) is 4.98 Å². The first-order valence-corrected chi connectivity index (χ1v) is 6.83. The zero-order chi connectivity index (χ0) is 14.9. The van der Waals surface area contributed by atoms with Crippen LogP contribution in [0.2, 0.25) is 0 Å². The second kappa shape index (κ2) is 5.49. The SMILES string of the molecule is C=C(C)CN(CC)C(=O)c1c(C)nc2ccc(C)cn12. The van der Waals surface area contributed by atoms with Gasteiger partial charge in [0, 0.05) is 19.3 Å². The number of carbonyl (C=O) groups excluding carboxylic acids is 1. The van der Waals surface area contributed by atoms with E-state index in [-0.39, 0.29) is 5.91 Å². The Morgan fingerprint density at radius 3 is 2.70 bits per heavy atom. The van der Waals surface area contributed by atoms with E-state index in [4.69, 9.17) is 0 Å². The topological polar surface area (TPSA) is 37.6 Å². The number of nitrogens with zero attached hydrogens (tertiary/aromatic N) is 3. The Hall–Kier alpha value is -2.10. The van der Waals surface area contributed by atoms with Crippen LogP contribution in [0.1, 0.15) is 35.6 Å². The second-order valence-corrected chi connectivity index (χ2v) is 5.26. The summed E-state index contributed by atoms with van der Waals surface area (Å²) in [4.78, 5) is 19.0. The molecule has 20 heavy (non-hydrogen) atoms. The quantitative estimate of drug-likeness (QED) is 0.802. The number of carbonyl (C=O) groups is 1. The van der Waals surface area contributed by atoms with Crippen molar-refractivity contribution < 1.29 is 4.79 Å². The van der Waals surface area contributed by atoms with Gasteiger partial charge in [-0.2, -0.15) is 0 Å². The van der Waals surface area contributed by atoms with Crippen molar-refractivity contribution in [1.82, 2.24) is 14.3 Å². The molecule has 0 aromatic carbocycles. The lowest BCUT2D eigenvalue weighted by Crippen LogP contribution is -2.33. The van der Waals surface area contributed by atoms with Crippen molar-refractivity contribution in [3.8, 4) is 0 Å². The first-order chi connectivity index (χ1) is 9.43. The third-order valence-electron chi connectivity index (χ3n) is 3.27. The van der Waals surface area contributed by atoms with E-state index < -0.39 is 0 Å². The minimum absolute atomic E-state index is 0.00565. The summed E-state index contributed by atoms with van der Waals surface area (Å²) in [6, 6.07) is 3.94. The molecular formula is C16H21N3O. The van der Waals surface area contributed by atoms with Gasteiger partial charge >= 0.3 is 0 Å². The van der Waals surface area contributed by atoms with Crippen molar-refractivity contribution in [2.75, 3.05) is 13.1 Å². The highest BCUT2D eigenvalue weighted by molar-refractivity contribution is 5.94. The molecule has 4 nitrogen and oxygen atoms in total. The van der Waals surface area contributed by atoms with Crippen LogP contribution in [0.4, 0.5) is 0 Å². The zero-order valence-electron chi connectivity index (χ0n) is 12.6. The highest BCUT2D eigenvalue weighted by Gasteiger charge is 2.21. The van der Waals surface area contributed by atoms with Crippen LogP contribution in [0.3, 0.4) is 0 Å². The van der Waals surface area contributed by atoms with Gasteiger partial charge in [0.1, 0.15) is 11.3 Å². The van der Waals surface area contributed by atoms with Gasteiger partial charge in [0.25, 0.3) is 5.91 Å². The van der Waals surface area contributed by atoms with E-state index in [9.17, 15) is 4.79 Å². The van der Waals surface area contributed by atoms with Crippen LogP contribution in [-0.2, 0) is 0 Å². The number of hydrogen-bond acceptors (Lipinski definition) is 2. The molecule has 1 amide bonds. The molecule has 0 bridgehead atoms. The van der Waals surface area contributed by atoms with Gasteiger partial charge in [0.2, 0.25) is 0 Å². The summed E-state index contributed by atoms with van der Waals surface area (Å²) >= 11 is 0. The van der Waals surface area contributed by atoms with Crippen LogP contribution in [0.15, 0.2) is 30.5 Å². The number of imidazole rings is 1. The van der Waals surface area contributed by atoms with E-state index in [1.54, 1.807) is 4.90 Å². The number of hydrogen-bond donors (Lipinski definition) is 0. The van der Waals surface area contributed by atoms with Crippen LogP contribution in [0.5, 0.6) is 0 Å². The van der Waals surface area contributed by atoms with E-state index >= 15 is 0 Å². The summed E-state index contributed by atoms with van der Waals surface area (Å²) < 4.78 is 1.88. The highest BCUT2D eigenvalue weighted by atomic mass is 16.2. The monoisotopic (exact) mass is 271 g/mol. The molecule has 0 aliphatic rings. The van der Waals surface area contributed by atoms with Crippen molar-refractivity contribution in [3.63, 3.8) is 0 Å². The summed E-state index contributed by atoms with van der Waals surface area (Å²) in [7, 11) is 0. The molecule has 2 rings (SSSR count). The summed E-state index contributed by atoms with van der Waals surface area (Å²) in [5.74, 6) is 0.00565. The lowest BCUT2D eigenvalue weighted by atomic mass is 10.2. The average molecular weight is 271 g/mol. The van der Waals surface area contributed by atoms with Crippen LogP contribution >= 0.6 is 0 Å². The number of rotatable bonds is 4. The molecule has 0 radical (unpaired) electrons. The van der Waals surface area contributed by atoms with Crippen molar-refractivity contribution in [2.24, 2.45) is 0 Å². The summed E-state index contributed by atoms with van der Waals surface area (Å²) in [5, 5.41) is 0. The van der Waals surface area contributed by atoms with Gasteiger partial charge in [0.15, 0.2) is 0 Å². The Morgan fingerprint density at radius 1 is 1.40 bits per heavy atom. The molecule has 2 aromatic rings. The number of aromatic nitrogens is 2. The Balaban J connectivity index is 2.50. The van der Waals surface area contributed by atoms with E-state index in [0.29, 0.717) is 18.8 Å². The smallest absolute Gasteiger partial charge is 0.273 e. The van der Waals surface area contributed by atoms with Crippen LogP contribution in [-0.4, -0.2) is 33.3 Å². The molecule has 0 saturated carbocycles. The molecule has 0 aliphatic heterocycles. The van der Waals surface area contributed by atoms with Gasteiger partial charge in [-0.3, -0.25) is 9.20 Å². The van der Waals surface area contributed by atoms with E-state index in [0.717, 1.165) is 22.5 Å². The normalized spacial score (nSPS) is 10.8. The number of fused-ring (bicyclic) bond motifs is 1. The third-order valence-corrected chi connectivity index (χ3v) is 3.27. The third kappa shape index (κ3) is 2.59. The molecule has 0 N–H and O–H groups in total. The first kappa shape index (κ1) is 14.3. The maximum absolute atomic E-state index is 12.7. The molecular weight excluding hydrogens is 250 g/mol. The Kier molecular flexibility index (Phi) is 3.93. The number of aryl methyl sites for hydroxylation is 2. The van der Waals surface area contributed by atoms with E-state index in [1.165, 1.54) is 0 Å². The molecule has 4 heteroatoms. The Labute approximate surface area is 119 Å². The molecule has 0 saturated heterocycles. The fraction of sp³-hybridized carbons (Fsp3) is 0.375. The van der Waals surface area contributed by atoms with Crippen LogP contribution in [0, 0.1) is 13.8 Å². The predicted molar refractivity (Wildman–Crippen MR) is 81.1 cm³/mol. The van der Waals surface area contributed by atoms with Crippen LogP contribution < -0.4 is 0 Å². The lowest BCUT2D eigenvalue weighted by Gasteiger charge is -2.21. The molecule has 0 aliphatic carbocycles. The van der Waals surface area contributed by atoms with Gasteiger partial charge in [-0.1, -0.05) is 18.2 Å². The molecule has 2 aromatic heterocycles. The van der Waals surface area contributed by atoms with Crippen molar-refractivity contribution >= 4 is 11.6 Å². The largest absolute Gasteiger partial charge is 0.334 e. The number of pyridine rings is 1. The van der Waals surface area contributed by atoms with E-state index in [1.807, 2.05) is 50.4 Å². The summed E-state index contributed by atoms with van der Waals surface area (Å²) in [6.07, 6.45) is 1.96. The standard InChI is InChI=1S/C16H21N3O/c1-6-18(9-11(2)3)16(20)15-13(5)17-14-8-7-12(4)10-19(14)15/h7-8,10H,2,6,9H2,1,3-5H3. The fourth-order valence-electron chi connectivity index (χ4n) is 2.33. The first-order valence-electron chi connectivity index (χ1n) is 6.83. The molecule has 0 fully saturated rings. The number of likely N-dealkylation sites (N-methyl/N-ethyl adjacent to an activating group) is 1. The van der Waals surface area contributed by atoms with Gasteiger partial charge < -0.3 is 4.90 Å². The van der Waals surface area contributed by atoms with E-state index in [2.05, 4.69) is 11.6 Å². The minimum Gasteiger partial charge on any atom is -0.334 e. The van der Waals surface area contributed by atoms with Crippen molar-refractivity contribution in [2.45, 2.75) is 27.7 Å². The maximum atomic E-state index is 12.7. The van der Waals surface area contributed by atoms with Gasteiger partial charge in [-0.05, 0) is 39.3 Å². The molecule has 106 valence electrons. The van der Waals surface area contributed by atoms with Gasteiger partial charge in [0.05, 0.1) is 5.69 Å². The summed E-state index contributed by atoms with van der Waals surface area (Å²) in [5.41, 5.74) is 4.30. The summed E-state index contributed by atoms with van der Waals surface area (Å²) in [6.45, 7) is 12.9. The molecule has 2 heterocycles. The minimum atomic E-state index is 0.00565. The number of amides is 1. The molecule has 0 unspecified atom stereocenters. The second-order valence-electron chi connectivity index (χ2n) is 5.26. The molecule has 0 atom stereocenters. The zero-order valence-corrected chi connectivity index (χ0v) is 12.6. The van der Waals surface area contributed by atoms with Crippen molar-refractivity contribution in [1.29, 1.82) is 0 Å². The lowest BCUT2D eigenvalue weighted by molar-refractivity contribution is 0.0770. The Bertz CT molecular complexity index is 670. The fourth-order valence-corrected chi connectivity index (χ4v) is 2.33. The average Bonchev–Trinajstić information content (AvgIpc) is 2.70. The highest BCUT2D eigenvalue weighted by Crippen LogP contribution is 2.16. The predicted octanol–water partition coefficient (Wildman–Crippen LogP) is 2.99. The molecule has 0 spiro atoms. The van der Waals surface area contributed by atoms with Crippen molar-refractivity contribution in [3.05, 3.63) is 47.4 Å². The maximum Gasteiger partial charge on any atom is 0.273 e.